The van der Waals surface area contributed by atoms with Crippen molar-refractivity contribution in [2.45, 2.75) is 55.8 Å². The Kier molecular flexibility index (Phi) is 7.15. The fourth-order valence-electron chi connectivity index (χ4n) is 4.83. The summed E-state index contributed by atoms with van der Waals surface area (Å²) in [5, 5.41) is 35.6. The number of nitrogens with one attached hydrogen (secondary N) is 1. The predicted molar refractivity (Wildman–Crippen MR) is 129 cm³/mol. The van der Waals surface area contributed by atoms with E-state index < -0.39 is 49.1 Å². The van der Waals surface area contributed by atoms with Crippen molar-refractivity contribution in [1.82, 2.24) is 5.32 Å². The zero-order chi connectivity index (χ0) is 24.5. The zero-order valence-electron chi connectivity index (χ0n) is 19.0. The van der Waals surface area contributed by atoms with E-state index in [9.17, 15) is 24.5 Å². The lowest BCUT2D eigenvalue weighted by Crippen LogP contribution is -2.57. The van der Waals surface area contributed by atoms with Crippen LogP contribution < -0.4 is 5.32 Å². The van der Waals surface area contributed by atoms with E-state index in [1.54, 1.807) is 17.4 Å². The highest BCUT2D eigenvalue weighted by molar-refractivity contribution is 7.19. The van der Waals surface area contributed by atoms with Crippen molar-refractivity contribution in [1.29, 1.82) is 0 Å². The summed E-state index contributed by atoms with van der Waals surface area (Å²) in [7, 11) is 0. The van der Waals surface area contributed by atoms with Gasteiger partial charge >= 0.3 is 5.97 Å². The van der Waals surface area contributed by atoms with Crippen LogP contribution in [0.15, 0.2) is 48.5 Å². The van der Waals surface area contributed by atoms with Crippen LogP contribution in [0.1, 0.15) is 34.9 Å². The van der Waals surface area contributed by atoms with Gasteiger partial charge in [-0.15, -0.1) is 11.3 Å². The molecule has 2 fully saturated rings. The maximum absolute atomic E-state index is 14.7. The van der Waals surface area contributed by atoms with Crippen LogP contribution in [0.5, 0.6) is 0 Å². The number of hydrogen-bond donors (Lipinski definition) is 4. The second-order valence-corrected chi connectivity index (χ2v) is 10.3. The van der Waals surface area contributed by atoms with E-state index in [0.717, 1.165) is 21.4 Å². The number of aliphatic hydroxyl groups is 3. The molecule has 2 aromatic carbocycles. The zero-order valence-corrected chi connectivity index (χ0v) is 19.8. The summed E-state index contributed by atoms with van der Waals surface area (Å²) in [6.07, 6.45) is -4.38. The summed E-state index contributed by atoms with van der Waals surface area (Å²) in [4.78, 5) is 13.4. The number of benzene rings is 2. The average Bonchev–Trinajstić information content (AvgIpc) is 3.54. The minimum absolute atomic E-state index is 0.364. The van der Waals surface area contributed by atoms with Gasteiger partial charge in [-0.05, 0) is 60.2 Å². The van der Waals surface area contributed by atoms with Crippen LogP contribution in [0, 0.1) is 5.82 Å². The van der Waals surface area contributed by atoms with Gasteiger partial charge < -0.3 is 30.1 Å². The average molecular weight is 502 g/mol. The molecule has 3 aromatic rings. The van der Waals surface area contributed by atoms with Crippen molar-refractivity contribution in [3.05, 3.63) is 70.4 Å². The monoisotopic (exact) mass is 501 g/mol. The standard InChI is InChI=1S/C26H28FNO6S/c27-18-8-7-15(10-16(18)12-17-11-14-4-1-2-6-21(14)35-17)24-22(30)23(31)25(20(13-29)33-24)34-26(32)19-5-3-9-28-19/h1-2,4,6-8,10-11,19-20,22-25,28-31H,3,5,9,12-13H2/t19-,20+,22+,23+,24-,25+/m0/s1. The van der Waals surface area contributed by atoms with Crippen molar-refractivity contribution < 1.29 is 34.0 Å². The Morgan fingerprint density at radius 2 is 2.00 bits per heavy atom. The van der Waals surface area contributed by atoms with Gasteiger partial charge in [0, 0.05) is 16.0 Å². The molecule has 3 heterocycles. The van der Waals surface area contributed by atoms with Crippen LogP contribution in [-0.4, -0.2) is 64.9 Å². The highest BCUT2D eigenvalue weighted by Gasteiger charge is 2.47. The molecule has 4 N–H and O–H groups in total. The van der Waals surface area contributed by atoms with E-state index in [4.69, 9.17) is 9.47 Å². The first-order valence-electron chi connectivity index (χ1n) is 11.8. The SMILES string of the molecule is O=C(O[C@H]1[C@H](O)[C@@H](O)[C@H](c2ccc(F)c(Cc3cc4ccccc4s3)c2)O[C@@H]1CO)[C@@H]1CCCN1. The molecule has 0 spiro atoms. The molecule has 0 bridgehead atoms. The highest BCUT2D eigenvalue weighted by Crippen LogP contribution is 2.35. The van der Waals surface area contributed by atoms with Crippen LogP contribution in [0.2, 0.25) is 0 Å². The number of rotatable bonds is 6. The number of ether oxygens (including phenoxy) is 2. The lowest BCUT2D eigenvalue weighted by molar-refractivity contribution is -0.242. The number of carbonyl (C=O) groups excluding carboxylic acids is 1. The predicted octanol–water partition coefficient (Wildman–Crippen LogP) is 2.45. The highest BCUT2D eigenvalue weighted by atomic mass is 32.1. The first kappa shape index (κ1) is 24.3. The molecule has 0 radical (unpaired) electrons. The van der Waals surface area contributed by atoms with Crippen LogP contribution in [-0.2, 0) is 20.7 Å². The van der Waals surface area contributed by atoms with Crippen LogP contribution in [0.4, 0.5) is 4.39 Å². The number of carbonyl (C=O) groups is 1. The maximum atomic E-state index is 14.7. The summed E-state index contributed by atoms with van der Waals surface area (Å²) >= 11 is 1.59. The van der Waals surface area contributed by atoms with E-state index in [0.29, 0.717) is 30.5 Å². The topological polar surface area (TPSA) is 108 Å². The van der Waals surface area contributed by atoms with Gasteiger partial charge in [0.2, 0.25) is 0 Å². The first-order valence-corrected chi connectivity index (χ1v) is 12.6. The first-order chi connectivity index (χ1) is 16.9. The van der Waals surface area contributed by atoms with E-state index in [-0.39, 0.29) is 5.82 Å². The Labute approximate surface area is 206 Å². The molecule has 9 heteroatoms. The van der Waals surface area contributed by atoms with Crippen LogP contribution >= 0.6 is 11.3 Å². The maximum Gasteiger partial charge on any atom is 0.323 e. The molecular formula is C26H28FNO6S. The van der Waals surface area contributed by atoms with Gasteiger partial charge in [-0.25, -0.2) is 4.39 Å². The van der Waals surface area contributed by atoms with Crippen molar-refractivity contribution >= 4 is 27.4 Å². The second kappa shape index (κ2) is 10.3. The van der Waals surface area contributed by atoms with E-state index >= 15 is 0 Å². The molecule has 186 valence electrons. The minimum Gasteiger partial charge on any atom is -0.455 e. The van der Waals surface area contributed by atoms with Gasteiger partial charge in [0.1, 0.15) is 36.3 Å². The largest absolute Gasteiger partial charge is 0.455 e. The number of esters is 1. The molecular weight excluding hydrogens is 473 g/mol. The van der Waals surface area contributed by atoms with Crippen molar-refractivity contribution in [3.63, 3.8) is 0 Å². The molecule has 0 amide bonds. The summed E-state index contributed by atoms with van der Waals surface area (Å²) in [5.41, 5.74) is 0.899. The summed E-state index contributed by atoms with van der Waals surface area (Å²) in [6.45, 7) is 0.179. The molecule has 0 aliphatic carbocycles. The number of fused-ring (bicyclic) bond motifs is 1. The molecule has 5 rings (SSSR count). The van der Waals surface area contributed by atoms with E-state index in [2.05, 4.69) is 5.32 Å². The number of halogens is 1. The fourth-order valence-corrected chi connectivity index (χ4v) is 5.92. The van der Waals surface area contributed by atoms with Crippen molar-refractivity contribution in [2.24, 2.45) is 0 Å². The van der Waals surface area contributed by atoms with Crippen molar-refractivity contribution in [2.75, 3.05) is 13.2 Å². The molecule has 2 saturated heterocycles. The Bertz CT molecular complexity index is 1160. The Balaban J connectivity index is 1.35. The van der Waals surface area contributed by atoms with Gasteiger partial charge in [-0.1, -0.05) is 24.3 Å². The lowest BCUT2D eigenvalue weighted by Gasteiger charge is -2.42. The molecule has 35 heavy (non-hydrogen) atoms. The molecule has 6 atom stereocenters. The fraction of sp³-hybridized carbons (Fsp3) is 0.423. The van der Waals surface area contributed by atoms with Crippen molar-refractivity contribution in [3.8, 4) is 0 Å². The van der Waals surface area contributed by atoms with Gasteiger partial charge in [0.15, 0.2) is 6.10 Å². The normalized spacial score (nSPS) is 28.9. The third-order valence-electron chi connectivity index (χ3n) is 6.70. The molecule has 1 aromatic heterocycles. The van der Waals surface area contributed by atoms with Crippen LogP contribution in [0.3, 0.4) is 0 Å². The molecule has 2 aliphatic heterocycles. The molecule has 0 saturated carbocycles. The third-order valence-corrected chi connectivity index (χ3v) is 7.82. The van der Waals surface area contributed by atoms with Gasteiger partial charge in [-0.3, -0.25) is 4.79 Å². The summed E-state index contributed by atoms with van der Waals surface area (Å²) in [6, 6.07) is 13.9. The van der Waals surface area contributed by atoms with Gasteiger partial charge in [-0.2, -0.15) is 0 Å². The lowest BCUT2D eigenvalue weighted by atomic mass is 9.90. The van der Waals surface area contributed by atoms with Crippen LogP contribution in [0.25, 0.3) is 10.1 Å². The minimum atomic E-state index is -1.48. The Hall–Kier alpha value is -2.40. The Morgan fingerprint density at radius 3 is 2.74 bits per heavy atom. The molecule has 2 aliphatic rings. The van der Waals surface area contributed by atoms with E-state index in [1.807, 2.05) is 30.3 Å². The van der Waals surface area contributed by atoms with E-state index in [1.165, 1.54) is 12.1 Å². The third kappa shape index (κ3) is 4.97. The summed E-state index contributed by atoms with van der Waals surface area (Å²) < 4.78 is 27.2. The summed E-state index contributed by atoms with van der Waals surface area (Å²) in [5.74, 6) is -0.932. The quantitative estimate of drug-likeness (QED) is 0.384. The number of thiophene rings is 1. The number of aliphatic hydroxyl groups excluding tert-OH is 3. The molecule has 0 unspecified atom stereocenters. The second-order valence-electron chi connectivity index (χ2n) is 9.09. The van der Waals surface area contributed by atoms with Gasteiger partial charge in [0.25, 0.3) is 0 Å². The van der Waals surface area contributed by atoms with Gasteiger partial charge in [0.05, 0.1) is 6.61 Å². The smallest absolute Gasteiger partial charge is 0.323 e. The molecule has 7 nitrogen and oxygen atoms in total. The Morgan fingerprint density at radius 1 is 1.17 bits per heavy atom. The number of hydrogen-bond acceptors (Lipinski definition) is 8.